The van der Waals surface area contributed by atoms with Crippen molar-refractivity contribution in [1.82, 2.24) is 5.32 Å². The molecule has 1 atom stereocenters. The number of nitrogens with zero attached hydrogens (tertiary/aromatic N) is 1. The molecule has 1 heterocycles. The van der Waals surface area contributed by atoms with Gasteiger partial charge in [-0.3, -0.25) is 9.59 Å². The zero-order valence-electron chi connectivity index (χ0n) is 16.2. The normalized spacial score (nSPS) is 16.0. The number of carbonyl (C=O) groups is 2. The molecule has 7 nitrogen and oxygen atoms in total. The van der Waals surface area contributed by atoms with E-state index < -0.39 is 0 Å². The number of anilines is 1. The number of hydrogen-bond donors (Lipinski definition) is 1. The van der Waals surface area contributed by atoms with E-state index in [1.807, 2.05) is 30.3 Å². The minimum atomic E-state index is -0.220. The molecule has 3 rings (SSSR count). The van der Waals surface area contributed by atoms with Crippen LogP contribution in [0.15, 0.2) is 42.5 Å². The van der Waals surface area contributed by atoms with Crippen molar-refractivity contribution >= 4 is 17.5 Å². The molecular weight excluding hydrogens is 360 g/mol. The summed E-state index contributed by atoms with van der Waals surface area (Å²) in [5, 5.41) is 2.95. The third kappa shape index (κ3) is 4.36. The lowest BCUT2D eigenvalue weighted by molar-refractivity contribution is -0.121. The van der Waals surface area contributed by atoms with Gasteiger partial charge >= 0.3 is 0 Å². The molecule has 0 bridgehead atoms. The molecule has 148 valence electrons. The molecule has 1 aliphatic rings. The zero-order chi connectivity index (χ0) is 20.1. The van der Waals surface area contributed by atoms with Crippen LogP contribution in [0.25, 0.3) is 0 Å². The third-order valence-electron chi connectivity index (χ3n) is 4.69. The summed E-state index contributed by atoms with van der Waals surface area (Å²) in [6.07, 6.45) is 0.483. The van der Waals surface area contributed by atoms with Gasteiger partial charge < -0.3 is 24.4 Å². The third-order valence-corrected chi connectivity index (χ3v) is 4.69. The first-order valence-electron chi connectivity index (χ1n) is 8.98. The molecule has 2 aromatic carbocycles. The second kappa shape index (κ2) is 8.65. The van der Waals surface area contributed by atoms with Gasteiger partial charge in [0.2, 0.25) is 11.8 Å². The van der Waals surface area contributed by atoms with Crippen LogP contribution in [0.2, 0.25) is 0 Å². The number of amides is 2. The number of benzene rings is 2. The summed E-state index contributed by atoms with van der Waals surface area (Å²) < 4.78 is 15.6. The fraction of sp³-hybridized carbons (Fsp3) is 0.333. The van der Waals surface area contributed by atoms with Gasteiger partial charge in [0.1, 0.15) is 5.75 Å². The Hall–Kier alpha value is -3.22. The van der Waals surface area contributed by atoms with Crippen molar-refractivity contribution in [2.24, 2.45) is 0 Å². The molecule has 7 heteroatoms. The lowest BCUT2D eigenvalue weighted by Crippen LogP contribution is -2.38. The van der Waals surface area contributed by atoms with Gasteiger partial charge in [0, 0.05) is 18.7 Å². The van der Waals surface area contributed by atoms with Crippen molar-refractivity contribution in [1.29, 1.82) is 0 Å². The minimum absolute atomic E-state index is 0.0124. The molecule has 0 radical (unpaired) electrons. The van der Waals surface area contributed by atoms with E-state index in [0.717, 1.165) is 17.0 Å². The molecule has 0 aliphatic carbocycles. The Kier molecular flexibility index (Phi) is 6.03. The van der Waals surface area contributed by atoms with Crippen molar-refractivity contribution in [2.45, 2.75) is 18.9 Å². The molecule has 0 aromatic heterocycles. The maximum Gasteiger partial charge on any atom is 0.229 e. The lowest BCUT2D eigenvalue weighted by Gasteiger charge is -2.17. The average Bonchev–Trinajstić information content (AvgIpc) is 3.07. The zero-order valence-corrected chi connectivity index (χ0v) is 16.2. The minimum Gasteiger partial charge on any atom is -0.497 e. The Morgan fingerprint density at radius 3 is 2.39 bits per heavy atom. The van der Waals surface area contributed by atoms with Crippen LogP contribution in [0.3, 0.4) is 0 Å². The fourth-order valence-electron chi connectivity index (χ4n) is 3.27. The molecule has 1 N–H and O–H groups in total. The van der Waals surface area contributed by atoms with Crippen molar-refractivity contribution in [2.75, 3.05) is 32.8 Å². The van der Waals surface area contributed by atoms with E-state index in [-0.39, 0.29) is 30.7 Å². The largest absolute Gasteiger partial charge is 0.497 e. The number of methoxy groups -OCH3 is 3. The Morgan fingerprint density at radius 1 is 1.04 bits per heavy atom. The Balaban J connectivity index is 1.59. The second-order valence-electron chi connectivity index (χ2n) is 6.54. The summed E-state index contributed by atoms with van der Waals surface area (Å²) in [7, 11) is 4.72. The maximum absolute atomic E-state index is 12.4. The molecule has 1 saturated heterocycles. The summed E-state index contributed by atoms with van der Waals surface area (Å²) in [6, 6.07) is 12.5. The van der Waals surface area contributed by atoms with Gasteiger partial charge in [-0.05, 0) is 42.0 Å². The van der Waals surface area contributed by atoms with Crippen LogP contribution < -0.4 is 24.4 Å². The first-order chi connectivity index (χ1) is 13.5. The number of rotatable bonds is 7. The molecule has 0 unspecified atom stereocenters. The molecule has 28 heavy (non-hydrogen) atoms. The maximum atomic E-state index is 12.4. The first kappa shape index (κ1) is 19.5. The van der Waals surface area contributed by atoms with Crippen LogP contribution in [-0.2, 0) is 16.0 Å². The van der Waals surface area contributed by atoms with Crippen molar-refractivity contribution in [3.63, 3.8) is 0 Å². The van der Waals surface area contributed by atoms with Gasteiger partial charge in [0.05, 0.1) is 33.8 Å². The van der Waals surface area contributed by atoms with E-state index in [9.17, 15) is 9.59 Å². The highest BCUT2D eigenvalue weighted by Crippen LogP contribution is 2.28. The Bertz CT molecular complexity index is 850. The highest BCUT2D eigenvalue weighted by atomic mass is 16.5. The van der Waals surface area contributed by atoms with E-state index in [0.29, 0.717) is 18.0 Å². The summed E-state index contributed by atoms with van der Waals surface area (Å²) in [5.74, 6) is 1.77. The van der Waals surface area contributed by atoms with Crippen LogP contribution in [-0.4, -0.2) is 45.7 Å². The first-order valence-corrected chi connectivity index (χ1v) is 8.98. The van der Waals surface area contributed by atoms with Gasteiger partial charge in [0.15, 0.2) is 11.5 Å². The molecular formula is C21H24N2O5. The molecule has 0 saturated carbocycles. The predicted molar refractivity (Wildman–Crippen MR) is 105 cm³/mol. The second-order valence-corrected chi connectivity index (χ2v) is 6.54. The van der Waals surface area contributed by atoms with Gasteiger partial charge in [0.25, 0.3) is 0 Å². The highest BCUT2D eigenvalue weighted by molar-refractivity contribution is 5.97. The summed E-state index contributed by atoms with van der Waals surface area (Å²) in [5.41, 5.74) is 1.61. The van der Waals surface area contributed by atoms with Crippen molar-refractivity contribution in [3.8, 4) is 17.2 Å². The quantitative estimate of drug-likeness (QED) is 0.792. The summed E-state index contributed by atoms with van der Waals surface area (Å²) in [4.78, 5) is 26.5. The van der Waals surface area contributed by atoms with Crippen LogP contribution in [0, 0.1) is 0 Å². The van der Waals surface area contributed by atoms with E-state index in [1.165, 1.54) is 0 Å². The average molecular weight is 384 g/mol. The van der Waals surface area contributed by atoms with Gasteiger partial charge in [-0.2, -0.15) is 0 Å². The van der Waals surface area contributed by atoms with Crippen LogP contribution in [0.1, 0.15) is 12.0 Å². The molecule has 1 aliphatic heterocycles. The van der Waals surface area contributed by atoms with E-state index in [2.05, 4.69) is 5.32 Å². The predicted octanol–water partition coefficient (Wildman–Crippen LogP) is 2.18. The molecule has 1 fully saturated rings. The Morgan fingerprint density at radius 2 is 1.75 bits per heavy atom. The van der Waals surface area contributed by atoms with Gasteiger partial charge in [-0.15, -0.1) is 0 Å². The van der Waals surface area contributed by atoms with Crippen LogP contribution in [0.4, 0.5) is 5.69 Å². The summed E-state index contributed by atoms with van der Waals surface area (Å²) in [6.45, 7) is 0.447. The summed E-state index contributed by atoms with van der Waals surface area (Å²) >= 11 is 0. The monoisotopic (exact) mass is 384 g/mol. The Labute approximate surface area is 164 Å². The molecule has 0 spiro atoms. The van der Waals surface area contributed by atoms with Gasteiger partial charge in [-0.25, -0.2) is 0 Å². The standard InChI is InChI=1S/C21H24N2O5/c1-26-17-7-5-16(6-8-17)23-13-15(12-21(23)25)22-20(24)11-14-4-9-18(27-2)19(10-14)28-3/h4-10,15H,11-13H2,1-3H3,(H,22,24)/t15-/m0/s1. The molecule has 2 aromatic rings. The van der Waals surface area contributed by atoms with Crippen LogP contribution >= 0.6 is 0 Å². The SMILES string of the molecule is COc1ccc(N2C[C@@H](NC(=O)Cc3ccc(OC)c(OC)c3)CC2=O)cc1. The van der Waals surface area contributed by atoms with Crippen molar-refractivity contribution < 1.29 is 23.8 Å². The number of carbonyl (C=O) groups excluding carboxylic acids is 2. The number of nitrogens with one attached hydrogen (secondary N) is 1. The van der Waals surface area contributed by atoms with Crippen LogP contribution in [0.5, 0.6) is 17.2 Å². The van der Waals surface area contributed by atoms with Crippen molar-refractivity contribution in [3.05, 3.63) is 48.0 Å². The lowest BCUT2D eigenvalue weighted by atomic mass is 10.1. The number of ether oxygens (including phenoxy) is 3. The number of hydrogen-bond acceptors (Lipinski definition) is 5. The fourth-order valence-corrected chi connectivity index (χ4v) is 3.27. The molecule has 2 amide bonds. The van der Waals surface area contributed by atoms with E-state index in [1.54, 1.807) is 38.4 Å². The van der Waals surface area contributed by atoms with Gasteiger partial charge in [-0.1, -0.05) is 6.07 Å². The van der Waals surface area contributed by atoms with E-state index in [4.69, 9.17) is 14.2 Å². The smallest absolute Gasteiger partial charge is 0.229 e. The highest BCUT2D eigenvalue weighted by Gasteiger charge is 2.31. The van der Waals surface area contributed by atoms with E-state index >= 15 is 0 Å². The topological polar surface area (TPSA) is 77.1 Å².